The summed E-state index contributed by atoms with van der Waals surface area (Å²) in [5.74, 6) is 1.71. The molecule has 168 valence electrons. The van der Waals surface area contributed by atoms with Crippen molar-refractivity contribution < 1.29 is 13.9 Å². The lowest BCUT2D eigenvalue weighted by Gasteiger charge is -2.31. The summed E-state index contributed by atoms with van der Waals surface area (Å²) in [6, 6.07) is 8.96. The molecule has 1 aliphatic rings. The summed E-state index contributed by atoms with van der Waals surface area (Å²) in [5.41, 5.74) is 0.0644. The molecule has 1 saturated heterocycles. The Labute approximate surface area is 184 Å². The van der Waals surface area contributed by atoms with Gasteiger partial charge in [-0.05, 0) is 18.9 Å². The Kier molecular flexibility index (Phi) is 5.98. The minimum absolute atomic E-state index is 0.0531. The molecule has 4 rings (SSSR count). The van der Waals surface area contributed by atoms with Crippen LogP contribution in [0.15, 0.2) is 50.5 Å². The first-order valence-corrected chi connectivity index (χ1v) is 10.5. The van der Waals surface area contributed by atoms with E-state index in [0.717, 1.165) is 34.5 Å². The lowest BCUT2D eigenvalue weighted by molar-refractivity contribution is 0.0685. The highest BCUT2D eigenvalue weighted by molar-refractivity contribution is 5.92. The van der Waals surface area contributed by atoms with Crippen LogP contribution in [0.3, 0.4) is 0 Å². The van der Waals surface area contributed by atoms with E-state index >= 15 is 0 Å². The predicted molar refractivity (Wildman–Crippen MR) is 117 cm³/mol. The van der Waals surface area contributed by atoms with E-state index in [4.69, 9.17) is 9.15 Å². The summed E-state index contributed by atoms with van der Waals surface area (Å²) in [4.78, 5) is 43.4. The largest absolute Gasteiger partial charge is 0.496 e. The predicted octanol–water partition coefficient (Wildman–Crippen LogP) is 1.69. The number of aromatic nitrogens is 3. The number of ether oxygens (including phenoxy) is 1. The van der Waals surface area contributed by atoms with E-state index in [1.807, 2.05) is 24.3 Å². The monoisotopic (exact) mass is 438 g/mol. The second kappa shape index (κ2) is 8.86. The van der Waals surface area contributed by atoms with Gasteiger partial charge in [-0.1, -0.05) is 18.2 Å². The number of methoxy groups -OCH3 is 1. The molecule has 1 amide bonds. The van der Waals surface area contributed by atoms with Crippen LogP contribution in [0.25, 0.3) is 0 Å². The third-order valence-electron chi connectivity index (χ3n) is 5.93. The van der Waals surface area contributed by atoms with Crippen LogP contribution in [0.4, 0.5) is 0 Å². The first-order chi connectivity index (χ1) is 15.4. The van der Waals surface area contributed by atoms with E-state index < -0.39 is 11.2 Å². The fourth-order valence-corrected chi connectivity index (χ4v) is 4.09. The van der Waals surface area contributed by atoms with E-state index in [9.17, 15) is 14.4 Å². The van der Waals surface area contributed by atoms with Crippen LogP contribution in [0.5, 0.6) is 5.75 Å². The fraction of sp³-hybridized carbons (Fsp3) is 0.391. The number of carbonyl (C=O) groups excluding carboxylic acids is 1. The standard InChI is InChI=1S/C23H26N4O5/c1-25-18(12-20(28)26(2)23(25)30)22(29)27-10-6-8-16(14-27)21-24-13-17(32-21)11-15-7-4-5-9-19(15)31-3/h4-5,7,9,12-13,16H,6,8,10-11,14H2,1-3H3/t16-/m0/s1. The van der Waals surface area contributed by atoms with Gasteiger partial charge in [-0.15, -0.1) is 0 Å². The third-order valence-corrected chi connectivity index (χ3v) is 5.93. The van der Waals surface area contributed by atoms with Crippen LogP contribution in [-0.4, -0.2) is 45.1 Å². The van der Waals surface area contributed by atoms with Gasteiger partial charge in [0.25, 0.3) is 11.5 Å². The maximum Gasteiger partial charge on any atom is 0.331 e. The Morgan fingerprint density at radius 1 is 1.22 bits per heavy atom. The maximum atomic E-state index is 13.1. The van der Waals surface area contributed by atoms with Gasteiger partial charge >= 0.3 is 5.69 Å². The van der Waals surface area contributed by atoms with Gasteiger partial charge in [-0.2, -0.15) is 0 Å². The lowest BCUT2D eigenvalue weighted by Crippen LogP contribution is -2.44. The van der Waals surface area contributed by atoms with Crippen molar-refractivity contribution in [2.24, 2.45) is 14.1 Å². The summed E-state index contributed by atoms with van der Waals surface area (Å²) in [6.45, 7) is 0.963. The maximum absolute atomic E-state index is 13.1. The first-order valence-electron chi connectivity index (χ1n) is 10.5. The van der Waals surface area contributed by atoms with Crippen molar-refractivity contribution in [2.45, 2.75) is 25.2 Å². The average molecular weight is 438 g/mol. The quantitative estimate of drug-likeness (QED) is 0.601. The molecule has 0 N–H and O–H groups in total. The van der Waals surface area contributed by atoms with Crippen LogP contribution in [0.1, 0.15) is 46.5 Å². The molecule has 0 aliphatic carbocycles. The second-order valence-corrected chi connectivity index (χ2v) is 8.01. The fourth-order valence-electron chi connectivity index (χ4n) is 4.09. The number of hydrogen-bond donors (Lipinski definition) is 0. The highest BCUT2D eigenvalue weighted by Gasteiger charge is 2.30. The zero-order valence-corrected chi connectivity index (χ0v) is 18.4. The molecule has 0 saturated carbocycles. The summed E-state index contributed by atoms with van der Waals surface area (Å²) in [7, 11) is 4.52. The van der Waals surface area contributed by atoms with Crippen LogP contribution in [0, 0.1) is 0 Å². The van der Waals surface area contributed by atoms with Crippen molar-refractivity contribution >= 4 is 5.91 Å². The highest BCUT2D eigenvalue weighted by Crippen LogP contribution is 2.29. The normalized spacial score (nSPS) is 16.2. The van der Waals surface area contributed by atoms with E-state index in [0.29, 0.717) is 25.4 Å². The number of benzene rings is 1. The van der Waals surface area contributed by atoms with Crippen molar-refractivity contribution in [3.8, 4) is 5.75 Å². The molecule has 3 aromatic rings. The molecular weight excluding hydrogens is 412 g/mol. The van der Waals surface area contributed by atoms with Gasteiger partial charge in [-0.3, -0.25) is 18.7 Å². The molecule has 9 nitrogen and oxygen atoms in total. The van der Waals surface area contributed by atoms with Crippen molar-refractivity contribution in [3.63, 3.8) is 0 Å². The number of oxazole rings is 1. The number of nitrogens with zero attached hydrogens (tertiary/aromatic N) is 4. The summed E-state index contributed by atoms with van der Waals surface area (Å²) >= 11 is 0. The molecular formula is C23H26N4O5. The van der Waals surface area contributed by atoms with E-state index in [-0.39, 0.29) is 17.5 Å². The van der Waals surface area contributed by atoms with Crippen LogP contribution in [-0.2, 0) is 20.5 Å². The van der Waals surface area contributed by atoms with Gasteiger partial charge < -0.3 is 14.1 Å². The number of carbonyl (C=O) groups is 1. The summed E-state index contributed by atoms with van der Waals surface area (Å²) < 4.78 is 13.6. The van der Waals surface area contributed by atoms with Crippen LogP contribution >= 0.6 is 0 Å². The SMILES string of the molecule is COc1ccccc1Cc1cnc([C@H]2CCCN(C(=O)c3cc(=O)n(C)c(=O)n3C)C2)o1. The van der Waals surface area contributed by atoms with E-state index in [1.54, 1.807) is 18.2 Å². The van der Waals surface area contributed by atoms with E-state index in [2.05, 4.69) is 4.98 Å². The molecule has 1 fully saturated rings. The summed E-state index contributed by atoms with van der Waals surface area (Å²) in [5, 5.41) is 0. The minimum Gasteiger partial charge on any atom is -0.496 e. The Morgan fingerprint density at radius 3 is 2.78 bits per heavy atom. The zero-order valence-electron chi connectivity index (χ0n) is 18.4. The van der Waals surface area contributed by atoms with Crippen LogP contribution < -0.4 is 16.0 Å². The van der Waals surface area contributed by atoms with Crippen molar-refractivity contribution in [2.75, 3.05) is 20.2 Å². The molecule has 0 spiro atoms. The molecule has 0 radical (unpaired) electrons. The Morgan fingerprint density at radius 2 is 2.00 bits per heavy atom. The molecule has 1 aromatic carbocycles. The molecule has 0 bridgehead atoms. The van der Waals surface area contributed by atoms with Crippen molar-refractivity contribution in [3.05, 3.63) is 80.3 Å². The number of piperidine rings is 1. The number of rotatable bonds is 5. The Balaban J connectivity index is 1.51. The molecule has 1 aliphatic heterocycles. The summed E-state index contributed by atoms with van der Waals surface area (Å²) in [6.07, 6.45) is 3.89. The van der Waals surface area contributed by atoms with Gasteiger partial charge in [0.2, 0.25) is 0 Å². The second-order valence-electron chi connectivity index (χ2n) is 8.01. The average Bonchev–Trinajstić information content (AvgIpc) is 3.28. The van der Waals surface area contributed by atoms with E-state index in [1.165, 1.54) is 24.7 Å². The molecule has 32 heavy (non-hydrogen) atoms. The highest BCUT2D eigenvalue weighted by atomic mass is 16.5. The van der Waals surface area contributed by atoms with Gasteiger partial charge in [0.15, 0.2) is 5.89 Å². The third kappa shape index (κ3) is 4.10. The van der Waals surface area contributed by atoms with Gasteiger partial charge in [0.1, 0.15) is 17.2 Å². The number of amides is 1. The minimum atomic E-state index is -0.525. The Hall–Kier alpha value is -3.62. The van der Waals surface area contributed by atoms with Gasteiger partial charge in [0.05, 0.1) is 19.2 Å². The zero-order chi connectivity index (χ0) is 22.8. The Bertz CT molecular complexity index is 1260. The topological polar surface area (TPSA) is 99.6 Å². The molecule has 0 unspecified atom stereocenters. The molecule has 9 heteroatoms. The first kappa shape index (κ1) is 21.6. The molecule has 1 atom stereocenters. The van der Waals surface area contributed by atoms with Crippen LogP contribution in [0.2, 0.25) is 0 Å². The smallest absolute Gasteiger partial charge is 0.331 e. The lowest BCUT2D eigenvalue weighted by atomic mass is 9.97. The van der Waals surface area contributed by atoms with Crippen molar-refractivity contribution in [1.82, 2.24) is 19.0 Å². The molecule has 3 heterocycles. The number of hydrogen-bond acceptors (Lipinski definition) is 6. The number of likely N-dealkylation sites (tertiary alicyclic amines) is 1. The molecule has 2 aromatic heterocycles. The van der Waals surface area contributed by atoms with Gasteiger partial charge in [-0.25, -0.2) is 9.78 Å². The van der Waals surface area contributed by atoms with Crippen molar-refractivity contribution in [1.29, 1.82) is 0 Å². The number of para-hydroxylation sites is 1. The van der Waals surface area contributed by atoms with Gasteiger partial charge in [0, 0.05) is 45.2 Å².